The second-order valence-corrected chi connectivity index (χ2v) is 3.91. The lowest BCUT2D eigenvalue weighted by atomic mass is 10.3. The Labute approximate surface area is 104 Å². The van der Waals surface area contributed by atoms with E-state index in [1.165, 1.54) is 18.2 Å². The van der Waals surface area contributed by atoms with Gasteiger partial charge in [0.05, 0.1) is 25.9 Å². The average Bonchev–Trinajstić information content (AvgIpc) is 2.38. The number of ether oxygens (including phenoxy) is 2. The van der Waals surface area contributed by atoms with Crippen molar-refractivity contribution < 1.29 is 18.7 Å². The summed E-state index contributed by atoms with van der Waals surface area (Å²) in [4.78, 5) is 11.5. The molecule has 0 saturated carbocycles. The minimum atomic E-state index is -0.394. The Hall–Kier alpha value is -1.66. The third-order valence-electron chi connectivity index (χ3n) is 2.46. The van der Waals surface area contributed by atoms with Crippen LogP contribution in [0.4, 0.5) is 14.9 Å². The summed E-state index contributed by atoms with van der Waals surface area (Å²) in [6.07, 6.45) is -0.128. The van der Waals surface area contributed by atoms with Crippen molar-refractivity contribution in [3.05, 3.63) is 30.1 Å². The molecule has 2 N–H and O–H groups in total. The molecule has 1 aromatic rings. The van der Waals surface area contributed by atoms with Crippen molar-refractivity contribution >= 4 is 11.7 Å². The zero-order valence-corrected chi connectivity index (χ0v) is 9.82. The van der Waals surface area contributed by atoms with E-state index in [0.717, 1.165) is 0 Å². The smallest absolute Gasteiger partial charge is 0.319 e. The first kappa shape index (κ1) is 12.8. The highest BCUT2D eigenvalue weighted by atomic mass is 19.1. The topological polar surface area (TPSA) is 59.6 Å². The Kier molecular flexibility index (Phi) is 4.49. The summed E-state index contributed by atoms with van der Waals surface area (Å²) in [7, 11) is 0. The summed E-state index contributed by atoms with van der Waals surface area (Å²) < 4.78 is 23.5. The van der Waals surface area contributed by atoms with E-state index in [0.29, 0.717) is 32.1 Å². The predicted molar refractivity (Wildman–Crippen MR) is 64.0 cm³/mol. The molecule has 2 amide bonds. The molecule has 2 rings (SSSR count). The lowest BCUT2D eigenvalue weighted by Crippen LogP contribution is -2.41. The molecular formula is C12H15FN2O3. The molecule has 1 aliphatic rings. The van der Waals surface area contributed by atoms with Crippen LogP contribution >= 0.6 is 0 Å². The third-order valence-corrected chi connectivity index (χ3v) is 2.46. The van der Waals surface area contributed by atoms with Crippen LogP contribution in [-0.4, -0.2) is 38.5 Å². The van der Waals surface area contributed by atoms with E-state index in [1.54, 1.807) is 6.07 Å². The number of hydrogen-bond acceptors (Lipinski definition) is 3. The minimum Gasteiger partial charge on any atom is -0.376 e. The van der Waals surface area contributed by atoms with Crippen molar-refractivity contribution in [1.82, 2.24) is 5.32 Å². The van der Waals surface area contributed by atoms with E-state index in [2.05, 4.69) is 10.6 Å². The number of carbonyl (C=O) groups excluding carboxylic acids is 1. The van der Waals surface area contributed by atoms with Gasteiger partial charge in [0, 0.05) is 12.2 Å². The first-order valence-electron chi connectivity index (χ1n) is 5.74. The fourth-order valence-electron chi connectivity index (χ4n) is 1.60. The van der Waals surface area contributed by atoms with Gasteiger partial charge in [-0.3, -0.25) is 0 Å². The maximum atomic E-state index is 12.9. The van der Waals surface area contributed by atoms with Crippen LogP contribution in [0.25, 0.3) is 0 Å². The summed E-state index contributed by atoms with van der Waals surface area (Å²) in [5.41, 5.74) is 0.410. The van der Waals surface area contributed by atoms with Crippen molar-refractivity contribution in [2.75, 3.05) is 31.7 Å². The van der Waals surface area contributed by atoms with E-state index in [4.69, 9.17) is 9.47 Å². The molecule has 1 heterocycles. The highest BCUT2D eigenvalue weighted by molar-refractivity contribution is 5.89. The zero-order chi connectivity index (χ0) is 12.8. The Balaban J connectivity index is 1.74. The van der Waals surface area contributed by atoms with Gasteiger partial charge in [0.1, 0.15) is 5.82 Å². The summed E-state index contributed by atoms with van der Waals surface area (Å²) in [6, 6.07) is 5.32. The van der Waals surface area contributed by atoms with Gasteiger partial charge in [-0.25, -0.2) is 9.18 Å². The Bertz CT molecular complexity index is 408. The van der Waals surface area contributed by atoms with Crippen LogP contribution in [0, 0.1) is 5.82 Å². The lowest BCUT2D eigenvalue weighted by Gasteiger charge is -2.23. The second-order valence-electron chi connectivity index (χ2n) is 3.91. The van der Waals surface area contributed by atoms with Gasteiger partial charge >= 0.3 is 6.03 Å². The van der Waals surface area contributed by atoms with E-state index < -0.39 is 11.8 Å². The molecule has 0 radical (unpaired) electrons. The summed E-state index contributed by atoms with van der Waals surface area (Å²) >= 11 is 0. The molecule has 5 nitrogen and oxygen atoms in total. The number of nitrogens with one attached hydrogen (secondary N) is 2. The molecule has 18 heavy (non-hydrogen) atoms. The predicted octanol–water partition coefficient (Wildman–Crippen LogP) is 1.36. The molecule has 1 aromatic carbocycles. The molecule has 0 aliphatic carbocycles. The lowest BCUT2D eigenvalue weighted by molar-refractivity contribution is -0.0852. The quantitative estimate of drug-likeness (QED) is 0.856. The van der Waals surface area contributed by atoms with Crippen LogP contribution in [0.2, 0.25) is 0 Å². The number of benzene rings is 1. The number of carbonyl (C=O) groups is 1. The molecule has 0 unspecified atom stereocenters. The molecule has 0 bridgehead atoms. The fraction of sp³-hybridized carbons (Fsp3) is 0.417. The van der Waals surface area contributed by atoms with Crippen molar-refractivity contribution in [2.24, 2.45) is 0 Å². The Morgan fingerprint density at radius 3 is 3.06 bits per heavy atom. The molecular weight excluding hydrogens is 239 g/mol. The van der Waals surface area contributed by atoms with Crippen LogP contribution < -0.4 is 10.6 Å². The molecule has 6 heteroatoms. The standard InChI is InChI=1S/C12H15FN2O3/c13-9-2-1-3-10(6-9)15-12(16)14-7-11-8-17-4-5-18-11/h1-3,6,11H,4-5,7-8H2,(H2,14,15,16)/t11-/m0/s1. The number of halogens is 1. The SMILES string of the molecule is O=C(NC[C@H]1COCCO1)Nc1cccc(F)c1. The van der Waals surface area contributed by atoms with Crippen LogP contribution in [-0.2, 0) is 9.47 Å². The fourth-order valence-corrected chi connectivity index (χ4v) is 1.60. The van der Waals surface area contributed by atoms with E-state index in [1.807, 2.05) is 0 Å². The van der Waals surface area contributed by atoms with Gasteiger partial charge in [-0.1, -0.05) is 6.07 Å². The van der Waals surface area contributed by atoms with Gasteiger partial charge in [0.25, 0.3) is 0 Å². The minimum absolute atomic E-state index is 0.128. The molecule has 98 valence electrons. The highest BCUT2D eigenvalue weighted by Crippen LogP contribution is 2.08. The largest absolute Gasteiger partial charge is 0.376 e. The maximum Gasteiger partial charge on any atom is 0.319 e. The van der Waals surface area contributed by atoms with Crippen molar-refractivity contribution in [1.29, 1.82) is 0 Å². The summed E-state index contributed by atoms with van der Waals surface area (Å²) in [5, 5.41) is 5.18. The highest BCUT2D eigenvalue weighted by Gasteiger charge is 2.15. The van der Waals surface area contributed by atoms with Crippen LogP contribution in [0.1, 0.15) is 0 Å². The van der Waals surface area contributed by atoms with Gasteiger partial charge in [0.2, 0.25) is 0 Å². The first-order valence-corrected chi connectivity index (χ1v) is 5.74. The van der Waals surface area contributed by atoms with Crippen molar-refractivity contribution in [2.45, 2.75) is 6.10 Å². The number of hydrogen-bond donors (Lipinski definition) is 2. The third kappa shape index (κ3) is 3.97. The van der Waals surface area contributed by atoms with Crippen LogP contribution in [0.15, 0.2) is 24.3 Å². The average molecular weight is 254 g/mol. The first-order chi connectivity index (χ1) is 8.74. The summed E-state index contributed by atoms with van der Waals surface area (Å²) in [5.74, 6) is -0.392. The molecule has 1 aliphatic heterocycles. The van der Waals surface area contributed by atoms with Crippen LogP contribution in [0.5, 0.6) is 0 Å². The van der Waals surface area contributed by atoms with E-state index in [9.17, 15) is 9.18 Å². The zero-order valence-electron chi connectivity index (χ0n) is 9.82. The van der Waals surface area contributed by atoms with Gasteiger partial charge in [0.15, 0.2) is 0 Å². The van der Waals surface area contributed by atoms with Gasteiger partial charge < -0.3 is 20.1 Å². The molecule has 0 aromatic heterocycles. The number of rotatable bonds is 3. The molecule has 1 atom stereocenters. The number of amides is 2. The molecule has 0 spiro atoms. The van der Waals surface area contributed by atoms with Gasteiger partial charge in [-0.2, -0.15) is 0 Å². The monoisotopic (exact) mass is 254 g/mol. The van der Waals surface area contributed by atoms with Crippen molar-refractivity contribution in [3.63, 3.8) is 0 Å². The molecule has 1 saturated heterocycles. The normalized spacial score (nSPS) is 19.3. The van der Waals surface area contributed by atoms with Crippen LogP contribution in [0.3, 0.4) is 0 Å². The Morgan fingerprint density at radius 1 is 1.44 bits per heavy atom. The summed E-state index contributed by atoms with van der Waals surface area (Å²) in [6.45, 7) is 1.96. The molecule has 1 fully saturated rings. The van der Waals surface area contributed by atoms with Crippen molar-refractivity contribution in [3.8, 4) is 0 Å². The number of anilines is 1. The van der Waals surface area contributed by atoms with Gasteiger partial charge in [-0.05, 0) is 18.2 Å². The van der Waals surface area contributed by atoms with Gasteiger partial charge in [-0.15, -0.1) is 0 Å². The Morgan fingerprint density at radius 2 is 2.33 bits per heavy atom. The maximum absolute atomic E-state index is 12.9. The van der Waals surface area contributed by atoms with E-state index in [-0.39, 0.29) is 6.10 Å². The second kappa shape index (κ2) is 6.32. The number of urea groups is 1. The van der Waals surface area contributed by atoms with E-state index >= 15 is 0 Å².